The van der Waals surface area contributed by atoms with E-state index < -0.39 is 0 Å². The van der Waals surface area contributed by atoms with Crippen LogP contribution in [0.1, 0.15) is 61.5 Å². The van der Waals surface area contributed by atoms with E-state index in [1.807, 2.05) is 21.8 Å². The molecule has 23 heavy (non-hydrogen) atoms. The van der Waals surface area contributed by atoms with Gasteiger partial charge in [-0.3, -0.25) is 9.48 Å². The minimum absolute atomic E-state index is 0.120. The van der Waals surface area contributed by atoms with Gasteiger partial charge in [-0.2, -0.15) is 5.10 Å². The molecule has 0 atom stereocenters. The van der Waals surface area contributed by atoms with Crippen LogP contribution in [-0.2, 0) is 0 Å². The molecule has 1 amide bonds. The van der Waals surface area contributed by atoms with E-state index in [2.05, 4.69) is 10.00 Å². The Hall–Kier alpha value is -1.36. The molecule has 126 valence electrons. The van der Waals surface area contributed by atoms with Crippen molar-refractivity contribution in [2.45, 2.75) is 51.0 Å². The zero-order valence-corrected chi connectivity index (χ0v) is 14.0. The lowest BCUT2D eigenvalue weighted by Gasteiger charge is -2.21. The van der Waals surface area contributed by atoms with Gasteiger partial charge in [-0.25, -0.2) is 0 Å². The van der Waals surface area contributed by atoms with Crippen molar-refractivity contribution in [1.82, 2.24) is 19.6 Å². The zero-order valence-electron chi connectivity index (χ0n) is 14.0. The van der Waals surface area contributed by atoms with Gasteiger partial charge in [0.2, 0.25) is 0 Å². The molecular formula is C18H28N4O. The van der Waals surface area contributed by atoms with E-state index in [9.17, 15) is 4.79 Å². The first kappa shape index (κ1) is 15.2. The average Bonchev–Trinajstić information content (AvgIpc) is 3.06. The predicted molar refractivity (Wildman–Crippen MR) is 89.4 cm³/mol. The van der Waals surface area contributed by atoms with Gasteiger partial charge in [0.05, 0.1) is 6.04 Å². The second-order valence-corrected chi connectivity index (χ2v) is 7.51. The molecule has 3 aliphatic rings. The smallest absolute Gasteiger partial charge is 0.274 e. The van der Waals surface area contributed by atoms with Crippen molar-refractivity contribution in [3.63, 3.8) is 0 Å². The van der Waals surface area contributed by atoms with Gasteiger partial charge in [0, 0.05) is 32.4 Å². The summed E-state index contributed by atoms with van der Waals surface area (Å²) in [5.74, 6) is 1.05. The lowest BCUT2D eigenvalue weighted by molar-refractivity contribution is 0.0754. The van der Waals surface area contributed by atoms with Gasteiger partial charge in [-0.05, 0) is 50.6 Å². The molecule has 5 nitrogen and oxygen atoms in total. The van der Waals surface area contributed by atoms with Crippen LogP contribution in [0.3, 0.4) is 0 Å². The third kappa shape index (κ3) is 3.60. The van der Waals surface area contributed by atoms with Crippen LogP contribution in [0.2, 0.25) is 0 Å². The van der Waals surface area contributed by atoms with Crippen LogP contribution in [0.4, 0.5) is 0 Å². The van der Waals surface area contributed by atoms with Crippen LogP contribution in [0.5, 0.6) is 0 Å². The van der Waals surface area contributed by atoms with Crippen LogP contribution in [0.25, 0.3) is 0 Å². The third-order valence-corrected chi connectivity index (χ3v) is 5.62. The number of rotatable bonds is 4. The van der Waals surface area contributed by atoms with E-state index in [-0.39, 0.29) is 5.91 Å². The number of aromatic nitrogens is 2. The van der Waals surface area contributed by atoms with Crippen molar-refractivity contribution in [1.29, 1.82) is 0 Å². The summed E-state index contributed by atoms with van der Waals surface area (Å²) in [4.78, 5) is 17.3. The highest BCUT2D eigenvalue weighted by Crippen LogP contribution is 2.30. The fraction of sp³-hybridized carbons (Fsp3) is 0.778. The monoisotopic (exact) mass is 316 g/mol. The molecule has 0 bridgehead atoms. The topological polar surface area (TPSA) is 41.4 Å². The van der Waals surface area contributed by atoms with Gasteiger partial charge >= 0.3 is 0 Å². The summed E-state index contributed by atoms with van der Waals surface area (Å²) in [7, 11) is 0. The van der Waals surface area contributed by atoms with Crippen LogP contribution in [0, 0.1) is 5.92 Å². The van der Waals surface area contributed by atoms with Crippen molar-refractivity contribution >= 4 is 5.91 Å². The van der Waals surface area contributed by atoms with Gasteiger partial charge in [-0.15, -0.1) is 0 Å². The number of carbonyl (C=O) groups is 1. The van der Waals surface area contributed by atoms with E-state index in [0.717, 1.165) is 38.5 Å². The Morgan fingerprint density at radius 1 is 1.04 bits per heavy atom. The summed E-state index contributed by atoms with van der Waals surface area (Å²) in [6.07, 6.45) is 10.9. The van der Waals surface area contributed by atoms with Gasteiger partial charge in [0.15, 0.2) is 0 Å². The second-order valence-electron chi connectivity index (χ2n) is 7.51. The third-order valence-electron chi connectivity index (χ3n) is 5.62. The second kappa shape index (κ2) is 6.63. The SMILES string of the molecule is O=C(c1ccn(C2CCCC2)n1)N1CCCN(CC2CC2)CC1. The van der Waals surface area contributed by atoms with Gasteiger partial charge in [0.25, 0.3) is 5.91 Å². The summed E-state index contributed by atoms with van der Waals surface area (Å²) < 4.78 is 2.03. The molecule has 1 saturated heterocycles. The van der Waals surface area contributed by atoms with Gasteiger partial charge in [0.1, 0.15) is 5.69 Å². The number of amides is 1. The molecule has 1 aliphatic heterocycles. The fourth-order valence-electron chi connectivity index (χ4n) is 4.01. The highest BCUT2D eigenvalue weighted by atomic mass is 16.2. The molecule has 0 aromatic carbocycles. The number of carbonyl (C=O) groups excluding carboxylic acids is 1. The van der Waals surface area contributed by atoms with Crippen molar-refractivity contribution in [3.05, 3.63) is 18.0 Å². The number of hydrogen-bond acceptors (Lipinski definition) is 3. The van der Waals surface area contributed by atoms with Crippen molar-refractivity contribution in [3.8, 4) is 0 Å². The highest BCUT2D eigenvalue weighted by Gasteiger charge is 2.27. The van der Waals surface area contributed by atoms with Crippen LogP contribution < -0.4 is 0 Å². The summed E-state index contributed by atoms with van der Waals surface area (Å²) in [6.45, 7) is 5.11. The van der Waals surface area contributed by atoms with E-state index in [1.54, 1.807) is 0 Å². The Balaban J connectivity index is 1.36. The first-order chi connectivity index (χ1) is 11.3. The van der Waals surface area contributed by atoms with E-state index in [4.69, 9.17) is 0 Å². The molecule has 1 aromatic heterocycles. The van der Waals surface area contributed by atoms with Crippen molar-refractivity contribution in [2.24, 2.45) is 5.92 Å². The minimum atomic E-state index is 0.120. The maximum atomic E-state index is 12.8. The van der Waals surface area contributed by atoms with Crippen LogP contribution >= 0.6 is 0 Å². The molecule has 1 aromatic rings. The molecule has 0 spiro atoms. The molecule has 4 rings (SSSR count). The van der Waals surface area contributed by atoms with Crippen LogP contribution in [0.15, 0.2) is 12.3 Å². The maximum absolute atomic E-state index is 12.8. The summed E-state index contributed by atoms with van der Waals surface area (Å²) in [6, 6.07) is 2.42. The average molecular weight is 316 g/mol. The Morgan fingerprint density at radius 3 is 2.65 bits per heavy atom. The molecule has 0 N–H and O–H groups in total. The Bertz CT molecular complexity index is 545. The van der Waals surface area contributed by atoms with Gasteiger partial charge in [-0.1, -0.05) is 12.8 Å². The van der Waals surface area contributed by atoms with Gasteiger partial charge < -0.3 is 9.80 Å². The standard InChI is InChI=1S/C18H28N4O/c23-18(17-8-11-22(19-17)16-4-1-2-5-16)21-10-3-9-20(12-13-21)14-15-6-7-15/h8,11,15-16H,1-7,9-10,12-14H2. The molecule has 2 heterocycles. The van der Waals surface area contributed by atoms with Crippen LogP contribution in [-0.4, -0.2) is 58.2 Å². The predicted octanol–water partition coefficient (Wildman–Crippen LogP) is 2.56. The first-order valence-corrected chi connectivity index (χ1v) is 9.36. The van der Waals surface area contributed by atoms with Crippen molar-refractivity contribution in [2.75, 3.05) is 32.7 Å². The largest absolute Gasteiger partial charge is 0.336 e. The lowest BCUT2D eigenvalue weighted by atomic mass is 10.3. The van der Waals surface area contributed by atoms with E-state index >= 15 is 0 Å². The molecule has 5 heteroatoms. The number of hydrogen-bond donors (Lipinski definition) is 0. The Morgan fingerprint density at radius 2 is 1.87 bits per heavy atom. The first-order valence-electron chi connectivity index (χ1n) is 9.36. The molecule has 2 saturated carbocycles. The molecule has 0 unspecified atom stereocenters. The summed E-state index contributed by atoms with van der Waals surface area (Å²) in [5.41, 5.74) is 0.632. The normalized spacial score (nSPS) is 24.1. The summed E-state index contributed by atoms with van der Waals surface area (Å²) >= 11 is 0. The molecule has 2 aliphatic carbocycles. The molecule has 0 radical (unpaired) electrons. The lowest BCUT2D eigenvalue weighted by Crippen LogP contribution is -2.36. The van der Waals surface area contributed by atoms with E-state index in [0.29, 0.717) is 11.7 Å². The quantitative estimate of drug-likeness (QED) is 0.857. The minimum Gasteiger partial charge on any atom is -0.336 e. The Labute approximate surface area is 138 Å². The highest BCUT2D eigenvalue weighted by molar-refractivity contribution is 5.92. The van der Waals surface area contributed by atoms with Crippen molar-refractivity contribution < 1.29 is 4.79 Å². The molecular weight excluding hydrogens is 288 g/mol. The Kier molecular flexibility index (Phi) is 4.38. The number of nitrogens with zero attached hydrogens (tertiary/aromatic N) is 4. The fourth-order valence-corrected chi connectivity index (χ4v) is 4.01. The molecule has 3 fully saturated rings. The van der Waals surface area contributed by atoms with E-state index in [1.165, 1.54) is 45.1 Å². The maximum Gasteiger partial charge on any atom is 0.274 e. The zero-order chi connectivity index (χ0) is 15.6. The summed E-state index contributed by atoms with van der Waals surface area (Å²) in [5, 5.41) is 4.59.